The van der Waals surface area contributed by atoms with Crippen molar-refractivity contribution in [3.05, 3.63) is 29.1 Å². The van der Waals surface area contributed by atoms with Crippen molar-refractivity contribution in [2.24, 2.45) is 0 Å². The molecule has 6 nitrogen and oxygen atoms in total. The SMILES string of the molecule is CC(=O)c1cnc(C2COCCO2)cc1C1COCCO1. The number of nitrogens with zero attached hydrogens (tertiary/aromatic N) is 1. The molecule has 1 aromatic rings. The van der Waals surface area contributed by atoms with Gasteiger partial charge in [0.15, 0.2) is 5.78 Å². The Labute approximate surface area is 123 Å². The highest BCUT2D eigenvalue weighted by Crippen LogP contribution is 2.28. The second-order valence-corrected chi connectivity index (χ2v) is 5.12. The first-order valence-corrected chi connectivity index (χ1v) is 7.15. The van der Waals surface area contributed by atoms with E-state index < -0.39 is 0 Å². The Bertz CT molecular complexity index is 507. The van der Waals surface area contributed by atoms with Crippen LogP contribution < -0.4 is 0 Å². The van der Waals surface area contributed by atoms with Crippen LogP contribution in [0.15, 0.2) is 12.3 Å². The van der Waals surface area contributed by atoms with Gasteiger partial charge in [-0.25, -0.2) is 0 Å². The topological polar surface area (TPSA) is 66.9 Å². The Morgan fingerprint density at radius 1 is 1.10 bits per heavy atom. The minimum Gasteiger partial charge on any atom is -0.376 e. The molecule has 2 aliphatic rings. The number of ketones is 1. The van der Waals surface area contributed by atoms with Gasteiger partial charge in [0.05, 0.1) is 45.3 Å². The zero-order valence-corrected chi connectivity index (χ0v) is 12.0. The average Bonchev–Trinajstić information content (AvgIpc) is 2.56. The largest absolute Gasteiger partial charge is 0.376 e. The van der Waals surface area contributed by atoms with Crippen LogP contribution in [0.1, 0.15) is 40.7 Å². The molecule has 3 heterocycles. The minimum absolute atomic E-state index is 0.0287. The minimum atomic E-state index is -0.232. The Kier molecular flexibility index (Phi) is 4.60. The van der Waals surface area contributed by atoms with Gasteiger partial charge in [0, 0.05) is 11.8 Å². The van der Waals surface area contributed by atoms with Gasteiger partial charge in [0.2, 0.25) is 0 Å². The fourth-order valence-corrected chi connectivity index (χ4v) is 2.55. The maximum absolute atomic E-state index is 11.8. The lowest BCUT2D eigenvalue weighted by molar-refractivity contribution is -0.0941. The Morgan fingerprint density at radius 2 is 1.76 bits per heavy atom. The van der Waals surface area contributed by atoms with Gasteiger partial charge in [-0.15, -0.1) is 0 Å². The molecule has 2 atom stereocenters. The average molecular weight is 293 g/mol. The summed E-state index contributed by atoms with van der Waals surface area (Å²) in [5.41, 5.74) is 2.16. The number of rotatable bonds is 3. The lowest BCUT2D eigenvalue weighted by Gasteiger charge is -2.27. The molecular weight excluding hydrogens is 274 g/mol. The van der Waals surface area contributed by atoms with Gasteiger partial charge in [-0.2, -0.15) is 0 Å². The highest BCUT2D eigenvalue weighted by atomic mass is 16.6. The number of aromatic nitrogens is 1. The third-order valence-corrected chi connectivity index (χ3v) is 3.65. The number of ether oxygens (including phenoxy) is 4. The van der Waals surface area contributed by atoms with E-state index in [2.05, 4.69) is 4.98 Å². The molecular formula is C15H19NO5. The molecule has 1 aromatic heterocycles. The second-order valence-electron chi connectivity index (χ2n) is 5.12. The van der Waals surface area contributed by atoms with Gasteiger partial charge in [-0.3, -0.25) is 9.78 Å². The summed E-state index contributed by atoms with van der Waals surface area (Å²) in [4.78, 5) is 16.2. The summed E-state index contributed by atoms with van der Waals surface area (Å²) in [6.07, 6.45) is 1.18. The van der Waals surface area contributed by atoms with E-state index in [4.69, 9.17) is 18.9 Å². The highest BCUT2D eigenvalue weighted by Gasteiger charge is 2.25. The molecule has 6 heteroatoms. The summed E-state index contributed by atoms with van der Waals surface area (Å²) in [6, 6.07) is 1.88. The van der Waals surface area contributed by atoms with Crippen LogP contribution in [0.3, 0.4) is 0 Å². The van der Waals surface area contributed by atoms with Crippen molar-refractivity contribution in [2.75, 3.05) is 39.6 Å². The molecule has 0 aromatic carbocycles. The van der Waals surface area contributed by atoms with Gasteiger partial charge in [-0.05, 0) is 18.6 Å². The molecule has 0 aliphatic carbocycles. The van der Waals surface area contributed by atoms with E-state index in [1.165, 1.54) is 6.92 Å². The van der Waals surface area contributed by atoms with Crippen molar-refractivity contribution in [2.45, 2.75) is 19.1 Å². The van der Waals surface area contributed by atoms with Crippen LogP contribution in [0.2, 0.25) is 0 Å². The molecule has 3 rings (SSSR count). The monoisotopic (exact) mass is 293 g/mol. The summed E-state index contributed by atoms with van der Waals surface area (Å²) >= 11 is 0. The fraction of sp³-hybridized carbons (Fsp3) is 0.600. The van der Waals surface area contributed by atoms with E-state index in [0.717, 1.165) is 11.3 Å². The predicted octanol–water partition coefficient (Wildman–Crippen LogP) is 1.46. The lowest BCUT2D eigenvalue weighted by Crippen LogP contribution is -2.26. The maximum Gasteiger partial charge on any atom is 0.161 e. The van der Waals surface area contributed by atoms with E-state index in [9.17, 15) is 4.79 Å². The first kappa shape index (κ1) is 14.6. The van der Waals surface area contributed by atoms with Crippen molar-refractivity contribution in [3.63, 3.8) is 0 Å². The number of carbonyl (C=O) groups is 1. The summed E-state index contributed by atoms with van der Waals surface area (Å²) in [5.74, 6) is -0.0287. The van der Waals surface area contributed by atoms with Crippen LogP contribution in [-0.2, 0) is 18.9 Å². The van der Waals surface area contributed by atoms with Gasteiger partial charge in [0.25, 0.3) is 0 Å². The quantitative estimate of drug-likeness (QED) is 0.786. The second kappa shape index (κ2) is 6.62. The standard InChI is InChI=1S/C15H19NO5/c1-10(17)12-7-16-13(15-9-19-3-5-21-15)6-11(12)14-8-18-2-4-20-14/h6-7,14-15H,2-5,8-9H2,1H3. The van der Waals surface area contributed by atoms with Crippen LogP contribution >= 0.6 is 0 Å². The molecule has 0 N–H and O–H groups in total. The van der Waals surface area contributed by atoms with Crippen molar-refractivity contribution in [1.82, 2.24) is 4.98 Å². The molecule has 2 saturated heterocycles. The molecule has 0 bridgehead atoms. The number of Topliss-reactive ketones (excluding diaryl/α,β-unsaturated/α-hetero) is 1. The van der Waals surface area contributed by atoms with E-state index in [1.807, 2.05) is 6.07 Å². The van der Waals surface area contributed by atoms with Gasteiger partial charge in [0.1, 0.15) is 12.2 Å². The zero-order valence-electron chi connectivity index (χ0n) is 12.0. The molecule has 114 valence electrons. The number of pyridine rings is 1. The lowest BCUT2D eigenvalue weighted by atomic mass is 9.99. The Morgan fingerprint density at radius 3 is 2.33 bits per heavy atom. The van der Waals surface area contributed by atoms with E-state index in [0.29, 0.717) is 45.2 Å². The number of carbonyl (C=O) groups excluding carboxylic acids is 1. The van der Waals surface area contributed by atoms with Crippen molar-refractivity contribution >= 4 is 5.78 Å². The van der Waals surface area contributed by atoms with Gasteiger partial charge >= 0.3 is 0 Å². The molecule has 0 saturated carbocycles. The fourth-order valence-electron chi connectivity index (χ4n) is 2.55. The molecule has 0 amide bonds. The summed E-state index contributed by atoms with van der Waals surface area (Å²) < 4.78 is 22.2. The maximum atomic E-state index is 11.8. The number of hydrogen-bond acceptors (Lipinski definition) is 6. The summed E-state index contributed by atoms with van der Waals surface area (Å²) in [7, 11) is 0. The first-order chi connectivity index (χ1) is 10.3. The van der Waals surface area contributed by atoms with Crippen molar-refractivity contribution in [1.29, 1.82) is 0 Å². The third-order valence-electron chi connectivity index (χ3n) is 3.65. The summed E-state index contributed by atoms with van der Waals surface area (Å²) in [5, 5.41) is 0. The Balaban J connectivity index is 1.91. The first-order valence-electron chi connectivity index (χ1n) is 7.15. The normalized spacial score (nSPS) is 26.5. The highest BCUT2D eigenvalue weighted by molar-refractivity contribution is 5.95. The molecule has 2 fully saturated rings. The van der Waals surface area contributed by atoms with Crippen LogP contribution in [0, 0.1) is 0 Å². The van der Waals surface area contributed by atoms with Gasteiger partial charge in [-0.1, -0.05) is 0 Å². The zero-order chi connectivity index (χ0) is 14.7. The Hall–Kier alpha value is -1.34. The van der Waals surface area contributed by atoms with Crippen LogP contribution in [0.5, 0.6) is 0 Å². The van der Waals surface area contributed by atoms with Crippen LogP contribution in [0.25, 0.3) is 0 Å². The van der Waals surface area contributed by atoms with Crippen LogP contribution in [-0.4, -0.2) is 50.4 Å². The molecule has 2 unspecified atom stereocenters. The van der Waals surface area contributed by atoms with E-state index >= 15 is 0 Å². The summed E-state index contributed by atoms with van der Waals surface area (Å²) in [6.45, 7) is 4.74. The van der Waals surface area contributed by atoms with E-state index in [-0.39, 0.29) is 18.0 Å². The van der Waals surface area contributed by atoms with Crippen molar-refractivity contribution < 1.29 is 23.7 Å². The van der Waals surface area contributed by atoms with E-state index in [1.54, 1.807) is 6.20 Å². The predicted molar refractivity (Wildman–Crippen MR) is 73.3 cm³/mol. The number of hydrogen-bond donors (Lipinski definition) is 0. The van der Waals surface area contributed by atoms with Gasteiger partial charge < -0.3 is 18.9 Å². The molecule has 0 spiro atoms. The molecule has 2 aliphatic heterocycles. The smallest absolute Gasteiger partial charge is 0.161 e. The molecule has 0 radical (unpaired) electrons. The van der Waals surface area contributed by atoms with Crippen molar-refractivity contribution in [3.8, 4) is 0 Å². The third kappa shape index (κ3) is 3.29. The van der Waals surface area contributed by atoms with Crippen LogP contribution in [0.4, 0.5) is 0 Å². The molecule has 21 heavy (non-hydrogen) atoms.